The van der Waals surface area contributed by atoms with Gasteiger partial charge in [-0.3, -0.25) is 4.79 Å². The average Bonchev–Trinajstić information content (AvgIpc) is 2.39. The number of nitrogens with zero attached hydrogens (tertiary/aromatic N) is 1. The van der Waals surface area contributed by atoms with Crippen molar-refractivity contribution in [3.05, 3.63) is 0 Å². The Morgan fingerprint density at radius 3 is 2.47 bits per heavy atom. The van der Waals surface area contributed by atoms with Crippen LogP contribution in [0.2, 0.25) is 0 Å². The highest BCUT2D eigenvalue weighted by molar-refractivity contribution is 5.79. The van der Waals surface area contributed by atoms with Crippen LogP contribution in [0.1, 0.15) is 45.4 Å². The smallest absolute Gasteiger partial charge is 0.226 e. The van der Waals surface area contributed by atoms with E-state index in [1.165, 1.54) is 25.7 Å². The van der Waals surface area contributed by atoms with Crippen molar-refractivity contribution in [1.82, 2.24) is 10.2 Å². The topological polar surface area (TPSA) is 32.3 Å². The normalized spacial score (nSPS) is 34.4. The van der Waals surface area contributed by atoms with Gasteiger partial charge in [-0.25, -0.2) is 0 Å². The molecule has 1 aliphatic carbocycles. The van der Waals surface area contributed by atoms with Gasteiger partial charge in [-0.1, -0.05) is 6.92 Å². The van der Waals surface area contributed by atoms with Gasteiger partial charge in [-0.05, 0) is 51.0 Å². The molecule has 0 spiro atoms. The van der Waals surface area contributed by atoms with Gasteiger partial charge in [0.25, 0.3) is 0 Å². The maximum atomic E-state index is 12.4. The van der Waals surface area contributed by atoms with Crippen LogP contribution in [-0.4, -0.2) is 37.0 Å². The molecule has 1 heterocycles. The zero-order chi connectivity index (χ0) is 12.3. The van der Waals surface area contributed by atoms with E-state index < -0.39 is 0 Å². The molecule has 0 aromatic carbocycles. The molecule has 0 radical (unpaired) electrons. The van der Waals surface area contributed by atoms with Crippen molar-refractivity contribution >= 4 is 5.91 Å². The van der Waals surface area contributed by atoms with E-state index in [-0.39, 0.29) is 5.92 Å². The monoisotopic (exact) mass is 238 g/mol. The molecule has 0 unspecified atom stereocenters. The molecular formula is C14H26N2O. The van der Waals surface area contributed by atoms with E-state index in [9.17, 15) is 4.79 Å². The predicted octanol–water partition coefficient (Wildman–Crippen LogP) is 2.02. The molecule has 98 valence electrons. The van der Waals surface area contributed by atoms with Crippen molar-refractivity contribution in [2.24, 2.45) is 11.8 Å². The highest BCUT2D eigenvalue weighted by Gasteiger charge is 2.29. The van der Waals surface area contributed by atoms with Crippen molar-refractivity contribution < 1.29 is 4.79 Å². The lowest BCUT2D eigenvalue weighted by Crippen LogP contribution is -2.46. The third kappa shape index (κ3) is 3.21. The summed E-state index contributed by atoms with van der Waals surface area (Å²) in [6, 6.07) is 0.501. The third-order valence-corrected chi connectivity index (χ3v) is 4.53. The van der Waals surface area contributed by atoms with Crippen molar-refractivity contribution in [2.75, 3.05) is 20.1 Å². The average molecular weight is 238 g/mol. The van der Waals surface area contributed by atoms with Crippen LogP contribution in [0, 0.1) is 11.8 Å². The van der Waals surface area contributed by atoms with Gasteiger partial charge < -0.3 is 10.2 Å². The molecule has 2 aliphatic rings. The minimum Gasteiger partial charge on any atom is -0.342 e. The second-order valence-electron chi connectivity index (χ2n) is 5.91. The summed E-state index contributed by atoms with van der Waals surface area (Å²) in [6.07, 6.45) is 7.18. The van der Waals surface area contributed by atoms with Gasteiger partial charge in [0, 0.05) is 19.6 Å². The zero-order valence-corrected chi connectivity index (χ0v) is 11.2. The van der Waals surface area contributed by atoms with E-state index in [4.69, 9.17) is 0 Å². The van der Waals surface area contributed by atoms with Crippen LogP contribution in [0.4, 0.5) is 0 Å². The van der Waals surface area contributed by atoms with Gasteiger partial charge in [0.15, 0.2) is 0 Å². The van der Waals surface area contributed by atoms with Gasteiger partial charge in [0.2, 0.25) is 5.91 Å². The highest BCUT2D eigenvalue weighted by Crippen LogP contribution is 2.27. The number of carbonyl (C=O) groups excluding carboxylic acids is 1. The number of nitrogens with one attached hydrogen (secondary N) is 1. The molecular weight excluding hydrogens is 212 g/mol. The van der Waals surface area contributed by atoms with E-state index >= 15 is 0 Å². The molecule has 1 saturated heterocycles. The molecule has 3 heteroatoms. The maximum Gasteiger partial charge on any atom is 0.226 e. The standard InChI is InChI=1S/C14H26N2O/c1-11-5-7-13(8-6-11)16(2)14(17)12-4-3-9-15-10-12/h11-13,15H,3-10H2,1-2H3/t11?,12-,13?/m0/s1. The zero-order valence-electron chi connectivity index (χ0n) is 11.2. The Balaban J connectivity index is 1.85. The minimum absolute atomic E-state index is 0.230. The lowest BCUT2D eigenvalue weighted by atomic mass is 9.86. The van der Waals surface area contributed by atoms with Gasteiger partial charge in [0.1, 0.15) is 0 Å². The number of hydrogen-bond donors (Lipinski definition) is 1. The molecule has 0 aromatic heterocycles. The summed E-state index contributed by atoms with van der Waals surface area (Å²) < 4.78 is 0. The van der Waals surface area contributed by atoms with Crippen LogP contribution >= 0.6 is 0 Å². The van der Waals surface area contributed by atoms with Gasteiger partial charge in [-0.15, -0.1) is 0 Å². The second-order valence-corrected chi connectivity index (χ2v) is 5.91. The van der Waals surface area contributed by atoms with E-state index in [0.29, 0.717) is 11.9 Å². The van der Waals surface area contributed by atoms with E-state index in [2.05, 4.69) is 12.2 Å². The first-order valence-corrected chi connectivity index (χ1v) is 7.16. The van der Waals surface area contributed by atoms with Gasteiger partial charge in [0.05, 0.1) is 5.92 Å². The molecule has 2 fully saturated rings. The summed E-state index contributed by atoms with van der Waals surface area (Å²) in [4.78, 5) is 14.4. The number of amides is 1. The van der Waals surface area contributed by atoms with Crippen LogP contribution in [-0.2, 0) is 4.79 Å². The highest BCUT2D eigenvalue weighted by atomic mass is 16.2. The molecule has 2 rings (SSSR count). The molecule has 17 heavy (non-hydrogen) atoms. The molecule has 3 nitrogen and oxygen atoms in total. The minimum atomic E-state index is 0.230. The second kappa shape index (κ2) is 5.85. The van der Waals surface area contributed by atoms with Crippen LogP contribution in [0.15, 0.2) is 0 Å². The van der Waals surface area contributed by atoms with Crippen LogP contribution < -0.4 is 5.32 Å². The lowest BCUT2D eigenvalue weighted by molar-refractivity contribution is -0.137. The molecule has 1 aliphatic heterocycles. The van der Waals surface area contributed by atoms with E-state index in [1.54, 1.807) is 0 Å². The molecule has 1 N–H and O–H groups in total. The Kier molecular flexibility index (Phi) is 4.43. The Hall–Kier alpha value is -0.570. The Labute approximate surface area is 105 Å². The molecule has 0 aromatic rings. The Morgan fingerprint density at radius 2 is 1.88 bits per heavy atom. The predicted molar refractivity (Wildman–Crippen MR) is 69.8 cm³/mol. The number of hydrogen-bond acceptors (Lipinski definition) is 2. The molecule has 0 bridgehead atoms. The Morgan fingerprint density at radius 1 is 1.18 bits per heavy atom. The summed E-state index contributed by atoms with van der Waals surface area (Å²) in [7, 11) is 2.01. The Bertz CT molecular complexity index is 253. The van der Waals surface area contributed by atoms with Crippen LogP contribution in [0.3, 0.4) is 0 Å². The van der Waals surface area contributed by atoms with Crippen LogP contribution in [0.5, 0.6) is 0 Å². The van der Waals surface area contributed by atoms with Crippen molar-refractivity contribution in [3.8, 4) is 0 Å². The quantitative estimate of drug-likeness (QED) is 0.798. The van der Waals surface area contributed by atoms with Gasteiger partial charge >= 0.3 is 0 Å². The summed E-state index contributed by atoms with van der Waals surface area (Å²) >= 11 is 0. The third-order valence-electron chi connectivity index (χ3n) is 4.53. The molecule has 1 amide bonds. The van der Waals surface area contributed by atoms with Crippen molar-refractivity contribution in [3.63, 3.8) is 0 Å². The number of carbonyl (C=O) groups is 1. The van der Waals surface area contributed by atoms with E-state index in [0.717, 1.165) is 31.8 Å². The molecule has 1 atom stereocenters. The van der Waals surface area contributed by atoms with Crippen molar-refractivity contribution in [2.45, 2.75) is 51.5 Å². The first-order chi connectivity index (χ1) is 8.18. The fourth-order valence-electron chi connectivity index (χ4n) is 3.16. The largest absolute Gasteiger partial charge is 0.342 e. The summed E-state index contributed by atoms with van der Waals surface area (Å²) in [5.41, 5.74) is 0. The van der Waals surface area contributed by atoms with Crippen molar-refractivity contribution in [1.29, 1.82) is 0 Å². The van der Waals surface area contributed by atoms with Gasteiger partial charge in [-0.2, -0.15) is 0 Å². The first kappa shape index (κ1) is 12.9. The number of rotatable bonds is 2. The summed E-state index contributed by atoms with van der Waals surface area (Å²) in [6.45, 7) is 4.28. The van der Waals surface area contributed by atoms with E-state index in [1.807, 2.05) is 11.9 Å². The number of piperidine rings is 1. The fourth-order valence-corrected chi connectivity index (χ4v) is 3.16. The molecule has 1 saturated carbocycles. The fraction of sp³-hybridized carbons (Fsp3) is 0.929. The summed E-state index contributed by atoms with van der Waals surface area (Å²) in [5, 5.41) is 3.33. The SMILES string of the molecule is CC1CCC(N(C)C(=O)[C@H]2CCCNC2)CC1. The lowest BCUT2D eigenvalue weighted by Gasteiger charge is -2.36. The first-order valence-electron chi connectivity index (χ1n) is 7.16. The maximum absolute atomic E-state index is 12.4. The summed E-state index contributed by atoms with van der Waals surface area (Å²) in [5.74, 6) is 1.45. The van der Waals surface area contributed by atoms with Crippen LogP contribution in [0.25, 0.3) is 0 Å².